The zero-order chi connectivity index (χ0) is 29.8. The predicted molar refractivity (Wildman–Crippen MR) is 162 cm³/mol. The third-order valence-corrected chi connectivity index (χ3v) is 6.87. The third kappa shape index (κ3) is 5.62. The van der Waals surface area contributed by atoms with Crippen molar-refractivity contribution in [1.82, 2.24) is 30.4 Å². The SMILES string of the molecule is COc1cccc(-c2nn(-c3ccccc3)cc2C(=O)NNC(=O)c2nn(Cc3ccccc3)c(=O)c3ccccc23)c1. The summed E-state index contributed by atoms with van der Waals surface area (Å²) >= 11 is 0. The fourth-order valence-corrected chi connectivity index (χ4v) is 4.74. The molecular formula is C33H26N6O4. The molecule has 0 saturated carbocycles. The Morgan fingerprint density at radius 1 is 0.767 bits per heavy atom. The molecule has 6 aromatic rings. The second-order valence-corrected chi connectivity index (χ2v) is 9.65. The van der Waals surface area contributed by atoms with E-state index < -0.39 is 11.8 Å². The van der Waals surface area contributed by atoms with Crippen LogP contribution in [0, 0.1) is 0 Å². The van der Waals surface area contributed by atoms with Crippen LogP contribution in [0.1, 0.15) is 26.4 Å². The number of rotatable bonds is 7. The summed E-state index contributed by atoms with van der Waals surface area (Å²) in [6.07, 6.45) is 1.60. The second kappa shape index (κ2) is 11.8. The molecule has 0 radical (unpaired) electrons. The highest BCUT2D eigenvalue weighted by atomic mass is 16.5. The highest BCUT2D eigenvalue weighted by molar-refractivity contribution is 6.06. The number of fused-ring (bicyclic) bond motifs is 1. The number of ether oxygens (including phenoxy) is 1. The van der Waals surface area contributed by atoms with Gasteiger partial charge in [-0.05, 0) is 35.9 Å². The van der Waals surface area contributed by atoms with Crippen molar-refractivity contribution in [2.75, 3.05) is 7.11 Å². The monoisotopic (exact) mass is 570 g/mol. The molecule has 0 spiro atoms. The molecule has 10 heteroatoms. The minimum Gasteiger partial charge on any atom is -0.497 e. The molecule has 2 heterocycles. The summed E-state index contributed by atoms with van der Waals surface area (Å²) in [6, 6.07) is 32.7. The standard InChI is InChI=1S/C33H26N6O4/c1-43-25-16-10-13-23(19-25)29-28(21-38(36-29)24-14-6-3-7-15-24)31(40)34-35-32(41)30-26-17-8-9-18-27(26)33(42)39(37-30)20-22-11-4-2-5-12-22/h2-19,21H,20H2,1H3,(H,34,40)(H,35,41). The zero-order valence-electron chi connectivity index (χ0n) is 23.1. The third-order valence-electron chi connectivity index (χ3n) is 6.87. The van der Waals surface area contributed by atoms with Crippen LogP contribution in [0.15, 0.2) is 120 Å². The lowest BCUT2D eigenvalue weighted by molar-refractivity contribution is 0.0844. The molecular weight excluding hydrogens is 544 g/mol. The number of amides is 2. The molecule has 4 aromatic carbocycles. The van der Waals surface area contributed by atoms with Gasteiger partial charge in [0.15, 0.2) is 5.69 Å². The van der Waals surface area contributed by atoms with Gasteiger partial charge in [0.05, 0.1) is 30.3 Å². The van der Waals surface area contributed by atoms with Crippen molar-refractivity contribution in [1.29, 1.82) is 0 Å². The van der Waals surface area contributed by atoms with Crippen LogP contribution in [0.4, 0.5) is 0 Å². The summed E-state index contributed by atoms with van der Waals surface area (Å²) in [7, 11) is 1.56. The first-order chi connectivity index (χ1) is 21.0. The summed E-state index contributed by atoms with van der Waals surface area (Å²) in [4.78, 5) is 40.1. The molecule has 6 rings (SSSR count). The van der Waals surface area contributed by atoms with Gasteiger partial charge in [-0.15, -0.1) is 0 Å². The van der Waals surface area contributed by atoms with Crippen LogP contribution in [-0.4, -0.2) is 38.5 Å². The largest absolute Gasteiger partial charge is 0.497 e. The molecule has 2 N–H and O–H groups in total. The van der Waals surface area contributed by atoms with E-state index in [9.17, 15) is 14.4 Å². The van der Waals surface area contributed by atoms with Crippen molar-refractivity contribution >= 4 is 22.6 Å². The molecule has 2 aromatic heterocycles. The summed E-state index contributed by atoms with van der Waals surface area (Å²) in [5, 5.41) is 9.77. The fraction of sp³-hybridized carbons (Fsp3) is 0.0606. The maximum atomic E-state index is 13.5. The minimum atomic E-state index is -0.676. The molecule has 0 atom stereocenters. The van der Waals surface area contributed by atoms with E-state index in [0.717, 1.165) is 11.3 Å². The number of carbonyl (C=O) groups is 2. The van der Waals surface area contributed by atoms with Crippen molar-refractivity contribution in [3.05, 3.63) is 143 Å². The van der Waals surface area contributed by atoms with E-state index in [4.69, 9.17) is 4.74 Å². The number of carbonyl (C=O) groups excluding carboxylic acids is 2. The molecule has 0 aliphatic carbocycles. The number of hydrogen-bond donors (Lipinski definition) is 2. The van der Waals surface area contributed by atoms with Crippen molar-refractivity contribution < 1.29 is 14.3 Å². The molecule has 0 saturated heterocycles. The minimum absolute atomic E-state index is 0.000527. The topological polar surface area (TPSA) is 120 Å². The first-order valence-corrected chi connectivity index (χ1v) is 13.5. The van der Waals surface area contributed by atoms with E-state index in [1.54, 1.807) is 60.5 Å². The smallest absolute Gasteiger partial charge is 0.290 e. The maximum Gasteiger partial charge on any atom is 0.290 e. The maximum absolute atomic E-state index is 13.5. The van der Waals surface area contributed by atoms with Gasteiger partial charge in [-0.25, -0.2) is 9.36 Å². The molecule has 0 bridgehead atoms. The van der Waals surface area contributed by atoms with Gasteiger partial charge in [0.25, 0.3) is 17.4 Å². The van der Waals surface area contributed by atoms with E-state index >= 15 is 0 Å². The molecule has 10 nitrogen and oxygen atoms in total. The zero-order valence-corrected chi connectivity index (χ0v) is 23.1. The Bertz CT molecular complexity index is 2000. The fourth-order valence-electron chi connectivity index (χ4n) is 4.74. The van der Waals surface area contributed by atoms with Crippen molar-refractivity contribution in [3.63, 3.8) is 0 Å². The van der Waals surface area contributed by atoms with Gasteiger partial charge < -0.3 is 4.74 Å². The van der Waals surface area contributed by atoms with Gasteiger partial charge in [-0.3, -0.25) is 25.2 Å². The quantitative estimate of drug-likeness (QED) is 0.275. The van der Waals surface area contributed by atoms with Gasteiger partial charge in [0.1, 0.15) is 11.4 Å². The van der Waals surface area contributed by atoms with Crippen LogP contribution < -0.4 is 21.1 Å². The Morgan fingerprint density at radius 2 is 1.44 bits per heavy atom. The Hall–Kier alpha value is -6.03. The number of hydrazine groups is 1. The Balaban J connectivity index is 1.31. The van der Waals surface area contributed by atoms with E-state index in [1.807, 2.05) is 66.7 Å². The van der Waals surface area contributed by atoms with Gasteiger partial charge >= 0.3 is 0 Å². The van der Waals surface area contributed by atoms with E-state index in [1.165, 1.54) is 4.68 Å². The highest BCUT2D eigenvalue weighted by Crippen LogP contribution is 2.27. The van der Waals surface area contributed by atoms with Crippen molar-refractivity contribution in [3.8, 4) is 22.7 Å². The van der Waals surface area contributed by atoms with Gasteiger partial charge in [-0.2, -0.15) is 10.2 Å². The number of methoxy groups -OCH3 is 1. The van der Waals surface area contributed by atoms with E-state index in [-0.39, 0.29) is 23.4 Å². The van der Waals surface area contributed by atoms with Crippen LogP contribution in [0.25, 0.3) is 27.7 Å². The highest BCUT2D eigenvalue weighted by Gasteiger charge is 2.22. The van der Waals surface area contributed by atoms with E-state index in [2.05, 4.69) is 21.0 Å². The lowest BCUT2D eigenvalue weighted by Gasteiger charge is -2.12. The first kappa shape index (κ1) is 27.2. The summed E-state index contributed by atoms with van der Waals surface area (Å²) in [6.45, 7) is 0.180. The predicted octanol–water partition coefficient (Wildman–Crippen LogP) is 4.38. The summed E-state index contributed by atoms with van der Waals surface area (Å²) in [5.74, 6) is -0.657. The average Bonchev–Trinajstić information content (AvgIpc) is 3.52. The molecule has 0 aliphatic heterocycles. The van der Waals surface area contributed by atoms with Crippen LogP contribution in [0.3, 0.4) is 0 Å². The number of para-hydroxylation sites is 1. The Labute approximate surface area is 246 Å². The molecule has 0 fully saturated rings. The Kier molecular flexibility index (Phi) is 7.47. The van der Waals surface area contributed by atoms with Gasteiger partial charge in [0, 0.05) is 17.1 Å². The molecule has 2 amide bonds. The van der Waals surface area contributed by atoms with Crippen LogP contribution >= 0.6 is 0 Å². The summed E-state index contributed by atoms with van der Waals surface area (Å²) in [5.41, 5.74) is 7.54. The first-order valence-electron chi connectivity index (χ1n) is 13.5. The van der Waals surface area contributed by atoms with Crippen LogP contribution in [0.2, 0.25) is 0 Å². The van der Waals surface area contributed by atoms with Gasteiger partial charge in [-0.1, -0.05) is 78.9 Å². The van der Waals surface area contributed by atoms with Crippen molar-refractivity contribution in [2.45, 2.75) is 6.54 Å². The average molecular weight is 571 g/mol. The number of hydrogen-bond acceptors (Lipinski definition) is 6. The lowest BCUT2D eigenvalue weighted by Crippen LogP contribution is -2.43. The Morgan fingerprint density at radius 3 is 2.19 bits per heavy atom. The number of nitrogens with one attached hydrogen (secondary N) is 2. The van der Waals surface area contributed by atoms with Crippen molar-refractivity contribution in [2.24, 2.45) is 0 Å². The number of nitrogens with zero attached hydrogens (tertiary/aromatic N) is 4. The molecule has 212 valence electrons. The molecule has 0 aliphatic rings. The summed E-state index contributed by atoms with van der Waals surface area (Å²) < 4.78 is 8.21. The second-order valence-electron chi connectivity index (χ2n) is 9.65. The van der Waals surface area contributed by atoms with Crippen LogP contribution in [-0.2, 0) is 6.54 Å². The number of aromatic nitrogens is 4. The van der Waals surface area contributed by atoms with Crippen LogP contribution in [0.5, 0.6) is 5.75 Å². The lowest BCUT2D eigenvalue weighted by atomic mass is 10.1. The molecule has 43 heavy (non-hydrogen) atoms. The molecule has 0 unspecified atom stereocenters. The number of benzene rings is 4. The van der Waals surface area contributed by atoms with E-state index in [0.29, 0.717) is 27.8 Å². The normalized spacial score (nSPS) is 10.8. The van der Waals surface area contributed by atoms with Gasteiger partial charge in [0.2, 0.25) is 0 Å².